The van der Waals surface area contributed by atoms with Crippen molar-refractivity contribution in [1.82, 2.24) is 9.55 Å². The summed E-state index contributed by atoms with van der Waals surface area (Å²) in [5, 5.41) is 6.89. The molecule has 152 valence electrons. The molecule has 1 unspecified atom stereocenters. The minimum absolute atomic E-state index is 0.250. The summed E-state index contributed by atoms with van der Waals surface area (Å²) in [5.41, 5.74) is 2.09. The van der Waals surface area contributed by atoms with E-state index >= 15 is 0 Å². The van der Waals surface area contributed by atoms with E-state index in [-0.39, 0.29) is 6.47 Å². The molecular formula is C22H24N2O5. The van der Waals surface area contributed by atoms with Gasteiger partial charge in [-0.05, 0) is 24.1 Å². The Morgan fingerprint density at radius 2 is 2.07 bits per heavy atom. The van der Waals surface area contributed by atoms with Crippen molar-refractivity contribution >= 4 is 6.47 Å². The lowest BCUT2D eigenvalue weighted by molar-refractivity contribution is -0.122. The molecular weight excluding hydrogens is 372 g/mol. The van der Waals surface area contributed by atoms with Gasteiger partial charge in [0.2, 0.25) is 0 Å². The maximum Gasteiger partial charge on any atom is 0.290 e. The second-order valence-corrected chi connectivity index (χ2v) is 6.42. The number of benzene rings is 2. The molecule has 0 radical (unpaired) electrons. The quantitative estimate of drug-likeness (QED) is 0.638. The third-order valence-corrected chi connectivity index (χ3v) is 4.63. The standard InChI is InChI=1S/C21H22N2O3.CH2O2/c1-24-20-13-18(26-14-16-5-3-2-4-6-16)7-8-19(20)21-22-10-11-23(21)17-9-12-25-15-17;2-1-3/h2-8,10-11,13,17H,9,12,14-15H2,1H3;1H,(H,2,3). The highest BCUT2D eigenvalue weighted by molar-refractivity contribution is 5.66. The van der Waals surface area contributed by atoms with Gasteiger partial charge in [0.15, 0.2) is 0 Å². The van der Waals surface area contributed by atoms with Crippen LogP contribution in [0.25, 0.3) is 11.4 Å². The predicted molar refractivity (Wildman–Crippen MR) is 108 cm³/mol. The number of rotatable bonds is 6. The number of carboxylic acid groups (broad SMARTS) is 1. The van der Waals surface area contributed by atoms with Crippen LogP contribution in [0, 0.1) is 0 Å². The van der Waals surface area contributed by atoms with Gasteiger partial charge in [0.1, 0.15) is 23.9 Å². The van der Waals surface area contributed by atoms with Crippen molar-refractivity contribution in [3.8, 4) is 22.9 Å². The monoisotopic (exact) mass is 396 g/mol. The Balaban J connectivity index is 0.000000755. The SMILES string of the molecule is COc1cc(OCc2ccccc2)ccc1-c1nccn1C1CCOC1.O=CO. The van der Waals surface area contributed by atoms with Crippen LogP contribution in [0.5, 0.6) is 11.5 Å². The molecule has 1 aliphatic heterocycles. The van der Waals surface area contributed by atoms with Crippen molar-refractivity contribution in [3.05, 3.63) is 66.5 Å². The fraction of sp³-hybridized carbons (Fsp3) is 0.273. The molecule has 1 N–H and O–H groups in total. The topological polar surface area (TPSA) is 82.8 Å². The van der Waals surface area contributed by atoms with E-state index in [1.807, 2.05) is 60.9 Å². The van der Waals surface area contributed by atoms with Crippen molar-refractivity contribution in [2.45, 2.75) is 19.1 Å². The van der Waals surface area contributed by atoms with Gasteiger partial charge in [-0.15, -0.1) is 0 Å². The van der Waals surface area contributed by atoms with Crippen LogP contribution in [0.2, 0.25) is 0 Å². The molecule has 1 aromatic heterocycles. The Hall–Kier alpha value is -3.32. The second kappa shape index (κ2) is 10.3. The highest BCUT2D eigenvalue weighted by atomic mass is 16.5. The molecule has 2 heterocycles. The molecule has 29 heavy (non-hydrogen) atoms. The van der Waals surface area contributed by atoms with E-state index in [1.165, 1.54) is 0 Å². The molecule has 7 nitrogen and oxygen atoms in total. The second-order valence-electron chi connectivity index (χ2n) is 6.42. The van der Waals surface area contributed by atoms with Crippen molar-refractivity contribution in [1.29, 1.82) is 0 Å². The molecule has 1 fully saturated rings. The molecule has 0 saturated carbocycles. The Morgan fingerprint density at radius 1 is 1.28 bits per heavy atom. The summed E-state index contributed by atoms with van der Waals surface area (Å²) < 4.78 is 19.2. The molecule has 0 aliphatic carbocycles. The third kappa shape index (κ3) is 5.14. The molecule has 0 spiro atoms. The van der Waals surface area contributed by atoms with Gasteiger partial charge in [0.25, 0.3) is 6.47 Å². The van der Waals surface area contributed by atoms with E-state index in [0.29, 0.717) is 12.6 Å². The van der Waals surface area contributed by atoms with Crippen molar-refractivity contribution in [2.75, 3.05) is 20.3 Å². The van der Waals surface area contributed by atoms with Crippen molar-refractivity contribution in [2.24, 2.45) is 0 Å². The zero-order valence-electron chi connectivity index (χ0n) is 16.2. The zero-order chi connectivity index (χ0) is 20.5. The zero-order valence-corrected chi connectivity index (χ0v) is 16.2. The molecule has 1 atom stereocenters. The van der Waals surface area contributed by atoms with Crippen LogP contribution in [0.1, 0.15) is 18.0 Å². The average molecular weight is 396 g/mol. The summed E-state index contributed by atoms with van der Waals surface area (Å²) in [6.45, 7) is 1.80. The number of hydrogen-bond acceptors (Lipinski definition) is 5. The number of nitrogens with zero attached hydrogens (tertiary/aromatic N) is 2. The lowest BCUT2D eigenvalue weighted by Gasteiger charge is -2.16. The van der Waals surface area contributed by atoms with Crippen LogP contribution < -0.4 is 9.47 Å². The van der Waals surface area contributed by atoms with Crippen molar-refractivity contribution in [3.63, 3.8) is 0 Å². The van der Waals surface area contributed by atoms with Gasteiger partial charge in [-0.1, -0.05) is 30.3 Å². The third-order valence-electron chi connectivity index (χ3n) is 4.63. The van der Waals surface area contributed by atoms with Crippen LogP contribution in [0.3, 0.4) is 0 Å². The Morgan fingerprint density at radius 3 is 2.76 bits per heavy atom. The molecule has 0 amide bonds. The molecule has 4 rings (SSSR count). The smallest absolute Gasteiger partial charge is 0.290 e. The van der Waals surface area contributed by atoms with Gasteiger partial charge < -0.3 is 23.9 Å². The molecule has 2 aromatic carbocycles. The first kappa shape index (κ1) is 20.4. The number of imidazole rings is 1. The molecule has 0 bridgehead atoms. The largest absolute Gasteiger partial charge is 0.496 e. The highest BCUT2D eigenvalue weighted by Crippen LogP contribution is 2.35. The Kier molecular flexibility index (Phi) is 7.24. The number of carbonyl (C=O) groups is 1. The number of aromatic nitrogens is 2. The molecule has 1 aliphatic rings. The van der Waals surface area contributed by atoms with Crippen LogP contribution in [-0.2, 0) is 16.1 Å². The molecule has 7 heteroatoms. The summed E-state index contributed by atoms with van der Waals surface area (Å²) in [7, 11) is 1.67. The van der Waals surface area contributed by atoms with E-state index < -0.39 is 0 Å². The van der Waals surface area contributed by atoms with Gasteiger partial charge in [-0.3, -0.25) is 4.79 Å². The number of hydrogen-bond donors (Lipinski definition) is 1. The fourth-order valence-corrected chi connectivity index (χ4v) is 3.24. The maximum atomic E-state index is 8.36. The number of methoxy groups -OCH3 is 1. The highest BCUT2D eigenvalue weighted by Gasteiger charge is 2.22. The lowest BCUT2D eigenvalue weighted by atomic mass is 10.1. The van der Waals surface area contributed by atoms with Gasteiger partial charge in [0.05, 0.1) is 25.3 Å². The first-order chi connectivity index (χ1) is 14.3. The summed E-state index contributed by atoms with van der Waals surface area (Å²) in [5.74, 6) is 2.42. The normalized spacial score (nSPS) is 15.3. The number of ether oxygens (including phenoxy) is 3. The summed E-state index contributed by atoms with van der Waals surface area (Å²) in [4.78, 5) is 12.9. The first-order valence-corrected chi connectivity index (χ1v) is 9.30. The summed E-state index contributed by atoms with van der Waals surface area (Å²) >= 11 is 0. The van der Waals surface area contributed by atoms with E-state index in [2.05, 4.69) is 9.55 Å². The van der Waals surface area contributed by atoms with Crippen LogP contribution in [0.4, 0.5) is 0 Å². The summed E-state index contributed by atoms with van der Waals surface area (Å²) in [6.07, 6.45) is 4.84. The average Bonchev–Trinajstić information content (AvgIpc) is 3.45. The predicted octanol–water partition coefficient (Wildman–Crippen LogP) is 3.80. The van der Waals surface area contributed by atoms with E-state index in [9.17, 15) is 0 Å². The van der Waals surface area contributed by atoms with Gasteiger partial charge in [-0.25, -0.2) is 4.98 Å². The van der Waals surface area contributed by atoms with E-state index in [4.69, 9.17) is 24.1 Å². The van der Waals surface area contributed by atoms with Crippen molar-refractivity contribution < 1.29 is 24.1 Å². The minimum atomic E-state index is -0.250. The summed E-state index contributed by atoms with van der Waals surface area (Å²) in [6, 6.07) is 16.3. The van der Waals surface area contributed by atoms with E-state index in [1.54, 1.807) is 7.11 Å². The Bertz CT molecular complexity index is 905. The molecule has 3 aromatic rings. The fourth-order valence-electron chi connectivity index (χ4n) is 3.24. The van der Waals surface area contributed by atoms with Crippen LogP contribution in [0.15, 0.2) is 60.9 Å². The van der Waals surface area contributed by atoms with Gasteiger partial charge in [-0.2, -0.15) is 0 Å². The van der Waals surface area contributed by atoms with Crippen LogP contribution >= 0.6 is 0 Å². The van der Waals surface area contributed by atoms with Gasteiger partial charge in [0, 0.05) is 25.1 Å². The Labute approximate surface area is 169 Å². The van der Waals surface area contributed by atoms with E-state index in [0.717, 1.165) is 48.1 Å². The minimum Gasteiger partial charge on any atom is -0.496 e. The first-order valence-electron chi connectivity index (χ1n) is 9.30. The maximum absolute atomic E-state index is 8.36. The van der Waals surface area contributed by atoms with Crippen LogP contribution in [-0.4, -0.2) is 41.5 Å². The van der Waals surface area contributed by atoms with Gasteiger partial charge >= 0.3 is 0 Å². The lowest BCUT2D eigenvalue weighted by Crippen LogP contribution is -2.09. The molecule has 1 saturated heterocycles.